The molecule has 0 saturated heterocycles. The van der Waals surface area contributed by atoms with E-state index in [2.05, 4.69) is 25.6 Å². The Morgan fingerprint density at radius 2 is 1.67 bits per heavy atom. The van der Waals surface area contributed by atoms with E-state index in [4.69, 9.17) is 0 Å². The molecule has 104 valence electrons. The van der Waals surface area contributed by atoms with Crippen molar-refractivity contribution in [2.24, 2.45) is 0 Å². The van der Waals surface area contributed by atoms with Crippen molar-refractivity contribution < 1.29 is 0 Å². The Kier molecular flexibility index (Phi) is 4.02. The summed E-state index contributed by atoms with van der Waals surface area (Å²) in [5.41, 5.74) is 2.12. The average Bonchev–Trinajstić information content (AvgIpc) is 2.55. The van der Waals surface area contributed by atoms with E-state index in [9.17, 15) is 0 Å². The zero-order valence-corrected chi connectivity index (χ0v) is 11.4. The van der Waals surface area contributed by atoms with E-state index in [-0.39, 0.29) is 0 Å². The molecule has 2 heterocycles. The third-order valence-corrected chi connectivity index (χ3v) is 2.91. The zero-order chi connectivity index (χ0) is 14.3. The molecule has 2 aromatic heterocycles. The number of pyridine rings is 1. The number of para-hydroxylation sites is 1. The van der Waals surface area contributed by atoms with Crippen LogP contribution in [0.5, 0.6) is 0 Å². The number of hydrogen-bond donors (Lipinski definition) is 2. The molecule has 0 fully saturated rings. The van der Waals surface area contributed by atoms with Gasteiger partial charge in [-0.1, -0.05) is 18.2 Å². The van der Waals surface area contributed by atoms with Gasteiger partial charge in [-0.25, -0.2) is 4.98 Å². The van der Waals surface area contributed by atoms with Crippen LogP contribution in [0.25, 0.3) is 0 Å². The maximum absolute atomic E-state index is 4.43. The number of aromatic nitrogens is 3. The zero-order valence-electron chi connectivity index (χ0n) is 11.4. The topological polar surface area (TPSA) is 62.7 Å². The Hall–Kier alpha value is -2.95. The summed E-state index contributed by atoms with van der Waals surface area (Å²) in [6.07, 6.45) is 5.28. The lowest BCUT2D eigenvalue weighted by atomic mass is 10.3. The highest BCUT2D eigenvalue weighted by Gasteiger charge is 2.00. The van der Waals surface area contributed by atoms with Crippen LogP contribution in [0.4, 0.5) is 17.5 Å². The first kappa shape index (κ1) is 13.1. The van der Waals surface area contributed by atoms with Crippen molar-refractivity contribution in [3.05, 3.63) is 72.7 Å². The van der Waals surface area contributed by atoms with Gasteiger partial charge in [0.2, 0.25) is 5.95 Å². The van der Waals surface area contributed by atoms with Gasteiger partial charge >= 0.3 is 0 Å². The van der Waals surface area contributed by atoms with Gasteiger partial charge in [0.1, 0.15) is 5.82 Å². The van der Waals surface area contributed by atoms with Crippen molar-refractivity contribution in [1.82, 2.24) is 15.0 Å². The minimum Gasteiger partial charge on any atom is -0.366 e. The van der Waals surface area contributed by atoms with Crippen molar-refractivity contribution in [3.8, 4) is 0 Å². The first-order chi connectivity index (χ1) is 10.4. The fourth-order valence-corrected chi connectivity index (χ4v) is 1.86. The summed E-state index contributed by atoms with van der Waals surface area (Å²) >= 11 is 0. The van der Waals surface area contributed by atoms with Gasteiger partial charge in [0.25, 0.3) is 0 Å². The lowest BCUT2D eigenvalue weighted by Gasteiger charge is -2.08. The average molecular weight is 277 g/mol. The van der Waals surface area contributed by atoms with E-state index in [1.54, 1.807) is 18.6 Å². The Balaban J connectivity index is 1.66. The quantitative estimate of drug-likeness (QED) is 0.749. The van der Waals surface area contributed by atoms with Gasteiger partial charge in [0.05, 0.1) is 0 Å². The molecule has 0 aliphatic rings. The van der Waals surface area contributed by atoms with Crippen LogP contribution in [-0.4, -0.2) is 15.0 Å². The number of nitrogens with one attached hydrogen (secondary N) is 2. The Morgan fingerprint density at radius 3 is 2.48 bits per heavy atom. The van der Waals surface area contributed by atoms with E-state index in [0.29, 0.717) is 12.5 Å². The van der Waals surface area contributed by atoms with Crippen LogP contribution >= 0.6 is 0 Å². The molecule has 0 amide bonds. The van der Waals surface area contributed by atoms with Gasteiger partial charge in [-0.3, -0.25) is 4.98 Å². The molecule has 2 N–H and O–H groups in total. The molecule has 21 heavy (non-hydrogen) atoms. The lowest BCUT2D eigenvalue weighted by Crippen LogP contribution is -2.04. The van der Waals surface area contributed by atoms with Crippen LogP contribution in [0.2, 0.25) is 0 Å². The Morgan fingerprint density at radius 1 is 0.857 bits per heavy atom. The normalized spacial score (nSPS) is 10.1. The fraction of sp³-hybridized carbons (Fsp3) is 0.0625. The second-order valence-electron chi connectivity index (χ2n) is 4.47. The summed E-state index contributed by atoms with van der Waals surface area (Å²) < 4.78 is 0. The molecule has 0 atom stereocenters. The number of nitrogens with zero attached hydrogens (tertiary/aromatic N) is 3. The Bertz CT molecular complexity index is 685. The van der Waals surface area contributed by atoms with E-state index in [1.165, 1.54) is 0 Å². The summed E-state index contributed by atoms with van der Waals surface area (Å²) in [5.74, 6) is 1.35. The second kappa shape index (κ2) is 6.47. The van der Waals surface area contributed by atoms with Gasteiger partial charge in [-0.2, -0.15) is 4.98 Å². The highest BCUT2D eigenvalue weighted by Crippen LogP contribution is 2.13. The molecule has 3 aromatic rings. The smallest absolute Gasteiger partial charge is 0.229 e. The van der Waals surface area contributed by atoms with E-state index < -0.39 is 0 Å². The molecule has 0 unspecified atom stereocenters. The van der Waals surface area contributed by atoms with Crippen LogP contribution in [0.1, 0.15) is 5.56 Å². The van der Waals surface area contributed by atoms with Gasteiger partial charge in [0, 0.05) is 30.8 Å². The molecular formula is C16H15N5. The van der Waals surface area contributed by atoms with E-state index in [0.717, 1.165) is 17.1 Å². The SMILES string of the molecule is c1ccc(Nc2nccc(NCc3ccncc3)n2)cc1. The third-order valence-electron chi connectivity index (χ3n) is 2.91. The maximum atomic E-state index is 4.43. The molecular weight excluding hydrogens is 262 g/mol. The van der Waals surface area contributed by atoms with Gasteiger partial charge < -0.3 is 10.6 Å². The lowest BCUT2D eigenvalue weighted by molar-refractivity contribution is 1.08. The molecule has 3 rings (SSSR count). The first-order valence-electron chi connectivity index (χ1n) is 6.68. The van der Waals surface area contributed by atoms with Crippen LogP contribution in [-0.2, 0) is 6.54 Å². The molecule has 0 aliphatic heterocycles. The molecule has 0 aliphatic carbocycles. The monoisotopic (exact) mass is 277 g/mol. The van der Waals surface area contributed by atoms with Gasteiger partial charge in [0.15, 0.2) is 0 Å². The predicted octanol–water partition coefficient (Wildman–Crippen LogP) is 3.23. The minimum absolute atomic E-state index is 0.570. The molecule has 1 aromatic carbocycles. The minimum atomic E-state index is 0.570. The van der Waals surface area contributed by atoms with Gasteiger partial charge in [-0.15, -0.1) is 0 Å². The number of hydrogen-bond acceptors (Lipinski definition) is 5. The molecule has 0 radical (unpaired) electrons. The summed E-state index contributed by atoms with van der Waals surface area (Å²) in [7, 11) is 0. The van der Waals surface area contributed by atoms with E-state index >= 15 is 0 Å². The summed E-state index contributed by atoms with van der Waals surface area (Å²) in [5, 5.41) is 6.44. The van der Waals surface area contributed by atoms with Crippen LogP contribution < -0.4 is 10.6 Å². The predicted molar refractivity (Wildman–Crippen MR) is 83.3 cm³/mol. The largest absolute Gasteiger partial charge is 0.366 e. The summed E-state index contributed by atoms with van der Waals surface area (Å²) in [6, 6.07) is 15.6. The fourth-order valence-electron chi connectivity index (χ4n) is 1.86. The molecule has 0 spiro atoms. The van der Waals surface area contributed by atoms with Crippen molar-refractivity contribution in [3.63, 3.8) is 0 Å². The number of anilines is 3. The summed E-state index contributed by atoms with van der Waals surface area (Å²) in [6.45, 7) is 0.699. The van der Waals surface area contributed by atoms with Crippen molar-refractivity contribution >= 4 is 17.5 Å². The third kappa shape index (κ3) is 3.76. The van der Waals surface area contributed by atoms with E-state index in [1.807, 2.05) is 48.5 Å². The highest BCUT2D eigenvalue weighted by molar-refractivity contribution is 5.54. The molecule has 0 bridgehead atoms. The Labute approximate surface area is 123 Å². The summed E-state index contributed by atoms with van der Waals surface area (Å²) in [4.78, 5) is 12.6. The molecule has 0 saturated carbocycles. The molecule has 5 nitrogen and oxygen atoms in total. The van der Waals surface area contributed by atoms with Crippen LogP contribution in [0.3, 0.4) is 0 Å². The van der Waals surface area contributed by atoms with Crippen molar-refractivity contribution in [2.75, 3.05) is 10.6 Å². The van der Waals surface area contributed by atoms with Crippen LogP contribution in [0.15, 0.2) is 67.1 Å². The maximum Gasteiger partial charge on any atom is 0.229 e. The van der Waals surface area contributed by atoms with Crippen LogP contribution in [0, 0.1) is 0 Å². The van der Waals surface area contributed by atoms with Gasteiger partial charge in [-0.05, 0) is 35.9 Å². The van der Waals surface area contributed by atoms with Crippen molar-refractivity contribution in [1.29, 1.82) is 0 Å². The molecule has 5 heteroatoms. The second-order valence-corrected chi connectivity index (χ2v) is 4.47. The van der Waals surface area contributed by atoms with Crippen molar-refractivity contribution in [2.45, 2.75) is 6.54 Å². The highest BCUT2D eigenvalue weighted by atomic mass is 15.1. The number of rotatable bonds is 5. The standard InChI is InChI=1S/C16H15N5/c1-2-4-14(5-3-1)20-16-18-11-8-15(21-16)19-12-13-6-9-17-10-7-13/h1-11H,12H2,(H2,18,19,20,21). The first-order valence-corrected chi connectivity index (χ1v) is 6.68. The number of benzene rings is 1.